The molecular weight excluding hydrogens is 438 g/mol. The van der Waals surface area contributed by atoms with E-state index in [1.165, 1.54) is 19.2 Å². The molecule has 0 spiro atoms. The molecule has 0 aliphatic carbocycles. The minimum atomic E-state index is -4.09. The maximum atomic E-state index is 13.5. The molecule has 0 aliphatic heterocycles. The monoisotopic (exact) mass is 459 g/mol. The molecule has 1 N–H and O–H groups in total. The first-order valence-corrected chi connectivity index (χ1v) is 11.2. The quantitative estimate of drug-likeness (QED) is 0.530. The van der Waals surface area contributed by atoms with Crippen molar-refractivity contribution >= 4 is 27.5 Å². The molecule has 1 heterocycles. The van der Waals surface area contributed by atoms with Crippen LogP contribution >= 0.6 is 11.6 Å². The minimum Gasteiger partial charge on any atom is -0.495 e. The Morgan fingerprint density at radius 2 is 1.77 bits per heavy atom. The Labute approximate surface area is 186 Å². The molecule has 0 aliphatic rings. The highest BCUT2D eigenvalue weighted by molar-refractivity contribution is 7.89. The van der Waals surface area contributed by atoms with E-state index in [4.69, 9.17) is 16.3 Å². The van der Waals surface area contributed by atoms with Gasteiger partial charge in [-0.25, -0.2) is 8.42 Å². The fourth-order valence-corrected chi connectivity index (χ4v) is 4.72. The number of methoxy groups -OCH3 is 1. The van der Waals surface area contributed by atoms with Gasteiger partial charge in [0.25, 0.3) is 0 Å². The van der Waals surface area contributed by atoms with Gasteiger partial charge in [0.1, 0.15) is 10.6 Å². The summed E-state index contributed by atoms with van der Waals surface area (Å²) in [5.41, 5.74) is 1.60. The largest absolute Gasteiger partial charge is 0.495 e. The average molecular weight is 460 g/mol. The molecule has 162 valence electrons. The van der Waals surface area contributed by atoms with Gasteiger partial charge in [-0.05, 0) is 41.5 Å². The van der Waals surface area contributed by atoms with Crippen LogP contribution in [0.3, 0.4) is 0 Å². The minimum absolute atomic E-state index is 0.0154. The van der Waals surface area contributed by atoms with Gasteiger partial charge in [-0.1, -0.05) is 41.9 Å². The van der Waals surface area contributed by atoms with E-state index >= 15 is 0 Å². The van der Waals surface area contributed by atoms with E-state index in [9.17, 15) is 13.2 Å². The summed E-state index contributed by atoms with van der Waals surface area (Å²) in [4.78, 5) is 16.5. The van der Waals surface area contributed by atoms with Crippen LogP contribution in [0.2, 0.25) is 5.02 Å². The predicted octanol–water partition coefficient (Wildman–Crippen LogP) is 3.25. The smallest absolute Gasteiger partial charge is 0.247 e. The molecular formula is C22H22ClN3O4S. The number of nitrogens with zero attached hydrogens (tertiary/aromatic N) is 2. The molecule has 0 fully saturated rings. The number of pyridine rings is 1. The number of rotatable bonds is 9. The molecule has 7 nitrogen and oxygen atoms in total. The van der Waals surface area contributed by atoms with Crippen LogP contribution in [-0.2, 0) is 27.9 Å². The Hall–Kier alpha value is -2.94. The molecule has 0 bridgehead atoms. The second-order valence-electron chi connectivity index (χ2n) is 6.69. The van der Waals surface area contributed by atoms with Crippen LogP contribution in [0.4, 0.5) is 0 Å². The number of hydrogen-bond donors (Lipinski definition) is 1. The Balaban J connectivity index is 1.87. The third-order valence-corrected chi connectivity index (χ3v) is 6.55. The third-order valence-electron chi connectivity index (χ3n) is 4.50. The van der Waals surface area contributed by atoms with Crippen LogP contribution in [0, 0.1) is 0 Å². The molecule has 31 heavy (non-hydrogen) atoms. The first-order valence-electron chi connectivity index (χ1n) is 9.43. The van der Waals surface area contributed by atoms with Crippen LogP contribution in [0.15, 0.2) is 78.0 Å². The number of sulfonamides is 1. The topological polar surface area (TPSA) is 88.6 Å². The average Bonchev–Trinajstić information content (AvgIpc) is 2.78. The summed E-state index contributed by atoms with van der Waals surface area (Å²) in [7, 11) is -2.71. The van der Waals surface area contributed by atoms with Crippen molar-refractivity contribution in [2.75, 3.05) is 13.7 Å². The number of hydrogen-bond acceptors (Lipinski definition) is 5. The van der Waals surface area contributed by atoms with Crippen molar-refractivity contribution in [1.29, 1.82) is 0 Å². The molecule has 1 amide bonds. The lowest BCUT2D eigenvalue weighted by Gasteiger charge is -2.23. The zero-order valence-corrected chi connectivity index (χ0v) is 18.4. The highest BCUT2D eigenvalue weighted by atomic mass is 35.5. The number of nitrogens with one attached hydrogen (secondary N) is 1. The molecule has 2 aromatic carbocycles. The Morgan fingerprint density at radius 3 is 2.45 bits per heavy atom. The van der Waals surface area contributed by atoms with Gasteiger partial charge in [-0.15, -0.1) is 0 Å². The summed E-state index contributed by atoms with van der Waals surface area (Å²) in [5.74, 6) is -0.281. The maximum absolute atomic E-state index is 13.5. The summed E-state index contributed by atoms with van der Waals surface area (Å²) >= 11 is 6.05. The molecule has 9 heteroatoms. The molecule has 0 saturated carbocycles. The number of aromatic nitrogens is 1. The van der Waals surface area contributed by atoms with Gasteiger partial charge in [-0.2, -0.15) is 4.31 Å². The van der Waals surface area contributed by atoms with Crippen LogP contribution in [-0.4, -0.2) is 37.3 Å². The van der Waals surface area contributed by atoms with Crippen molar-refractivity contribution in [2.45, 2.75) is 18.0 Å². The molecule has 0 saturated heterocycles. The Bertz CT molecular complexity index is 1130. The standard InChI is InChI=1S/C22H22ClN3O4S/c1-30-20-8-7-19(23)13-21(20)31(28,29)26(15-18-5-3-2-4-6-18)16-22(27)25-14-17-9-11-24-12-10-17/h2-13H,14-16H2,1H3,(H,25,27). The van der Waals surface area contributed by atoms with E-state index in [2.05, 4.69) is 10.3 Å². The Morgan fingerprint density at radius 1 is 1.06 bits per heavy atom. The van der Waals surface area contributed by atoms with Gasteiger partial charge in [0.15, 0.2) is 0 Å². The zero-order chi connectivity index (χ0) is 22.3. The second-order valence-corrected chi connectivity index (χ2v) is 9.03. The van der Waals surface area contributed by atoms with Gasteiger partial charge in [0.05, 0.1) is 13.7 Å². The first kappa shape index (κ1) is 22.7. The van der Waals surface area contributed by atoms with E-state index in [-0.39, 0.29) is 35.3 Å². The summed E-state index contributed by atoms with van der Waals surface area (Å²) in [5, 5.41) is 3.00. The molecule has 3 aromatic rings. The van der Waals surface area contributed by atoms with Crippen molar-refractivity contribution in [3.05, 3.63) is 89.2 Å². The zero-order valence-electron chi connectivity index (χ0n) is 16.9. The van der Waals surface area contributed by atoms with Crippen molar-refractivity contribution in [2.24, 2.45) is 0 Å². The first-order chi connectivity index (χ1) is 14.9. The summed E-state index contributed by atoms with van der Waals surface area (Å²) in [6, 6.07) is 17.0. The number of halogens is 1. The van der Waals surface area contributed by atoms with E-state index in [1.807, 2.05) is 18.2 Å². The van der Waals surface area contributed by atoms with Crippen LogP contribution in [0.1, 0.15) is 11.1 Å². The van der Waals surface area contributed by atoms with Gasteiger partial charge < -0.3 is 10.1 Å². The third kappa shape index (κ3) is 6.04. The van der Waals surface area contributed by atoms with Crippen molar-refractivity contribution in [3.63, 3.8) is 0 Å². The summed E-state index contributed by atoms with van der Waals surface area (Å²) in [6.07, 6.45) is 3.25. The fourth-order valence-electron chi connectivity index (χ4n) is 2.92. The van der Waals surface area contributed by atoms with Gasteiger partial charge in [-0.3, -0.25) is 9.78 Å². The number of ether oxygens (including phenoxy) is 1. The van der Waals surface area contributed by atoms with Gasteiger partial charge >= 0.3 is 0 Å². The maximum Gasteiger partial charge on any atom is 0.247 e. The number of carbonyl (C=O) groups is 1. The van der Waals surface area contributed by atoms with Crippen LogP contribution in [0.25, 0.3) is 0 Å². The Kier molecular flexibility index (Phi) is 7.62. The highest BCUT2D eigenvalue weighted by Gasteiger charge is 2.30. The van der Waals surface area contributed by atoms with E-state index < -0.39 is 15.9 Å². The molecule has 0 unspecified atom stereocenters. The van der Waals surface area contributed by atoms with Crippen LogP contribution in [0.5, 0.6) is 5.75 Å². The molecule has 0 radical (unpaired) electrons. The van der Waals surface area contributed by atoms with E-state index in [0.717, 1.165) is 15.4 Å². The fraction of sp³-hybridized carbons (Fsp3) is 0.182. The van der Waals surface area contributed by atoms with Crippen LogP contribution < -0.4 is 10.1 Å². The van der Waals surface area contributed by atoms with Gasteiger partial charge in [0.2, 0.25) is 15.9 Å². The molecule has 0 atom stereocenters. The lowest BCUT2D eigenvalue weighted by molar-refractivity contribution is -0.121. The SMILES string of the molecule is COc1ccc(Cl)cc1S(=O)(=O)N(CC(=O)NCc1ccncc1)Cc1ccccc1. The van der Waals surface area contributed by atoms with Crippen molar-refractivity contribution in [3.8, 4) is 5.75 Å². The normalized spacial score (nSPS) is 11.3. The second kappa shape index (κ2) is 10.4. The van der Waals surface area contributed by atoms with Gasteiger partial charge in [0, 0.05) is 30.5 Å². The van der Waals surface area contributed by atoms with Crippen molar-refractivity contribution in [1.82, 2.24) is 14.6 Å². The lowest BCUT2D eigenvalue weighted by atomic mass is 10.2. The van der Waals surface area contributed by atoms with E-state index in [0.29, 0.717) is 0 Å². The predicted molar refractivity (Wildman–Crippen MR) is 118 cm³/mol. The molecule has 3 rings (SSSR count). The molecule has 1 aromatic heterocycles. The highest BCUT2D eigenvalue weighted by Crippen LogP contribution is 2.30. The summed E-state index contributed by atoms with van der Waals surface area (Å²) in [6.45, 7) is -0.0828. The van der Waals surface area contributed by atoms with Crippen molar-refractivity contribution < 1.29 is 17.9 Å². The van der Waals surface area contributed by atoms with E-state index in [1.54, 1.807) is 42.7 Å². The lowest BCUT2D eigenvalue weighted by Crippen LogP contribution is -2.40. The number of carbonyl (C=O) groups excluding carboxylic acids is 1. The number of amides is 1. The number of benzene rings is 2. The summed E-state index contributed by atoms with van der Waals surface area (Å²) < 4.78 is 33.3.